The fourth-order valence-corrected chi connectivity index (χ4v) is 3.84. The minimum Gasteiger partial charge on any atom is -0.378 e. The van der Waals surface area contributed by atoms with E-state index < -0.39 is 5.60 Å². The highest BCUT2D eigenvalue weighted by Crippen LogP contribution is 2.30. The average Bonchev–Trinajstić information content (AvgIpc) is 3.09. The highest BCUT2D eigenvalue weighted by molar-refractivity contribution is 5.85. The van der Waals surface area contributed by atoms with Gasteiger partial charge in [-0.15, -0.1) is 12.4 Å². The fraction of sp³-hybridized carbons (Fsp3) is 0.941. The van der Waals surface area contributed by atoms with Gasteiger partial charge >= 0.3 is 0 Å². The molecule has 0 aromatic carbocycles. The molecule has 1 aliphatic carbocycles. The molecule has 1 saturated carbocycles. The topological polar surface area (TPSA) is 59.6 Å². The highest BCUT2D eigenvalue weighted by Gasteiger charge is 2.39. The van der Waals surface area contributed by atoms with E-state index in [-0.39, 0.29) is 18.3 Å². The lowest BCUT2D eigenvalue weighted by Crippen LogP contribution is -2.54. The Kier molecular flexibility index (Phi) is 9.44. The summed E-state index contributed by atoms with van der Waals surface area (Å²) in [5, 5.41) is 6.36. The van der Waals surface area contributed by atoms with Crippen molar-refractivity contribution in [1.82, 2.24) is 10.6 Å². The van der Waals surface area contributed by atoms with E-state index in [2.05, 4.69) is 17.6 Å². The lowest BCUT2D eigenvalue weighted by Gasteiger charge is -2.35. The smallest absolute Gasteiger partial charge is 0.252 e. The van der Waals surface area contributed by atoms with E-state index in [1.807, 2.05) is 0 Å². The molecule has 1 aliphatic heterocycles. The summed E-state index contributed by atoms with van der Waals surface area (Å²) in [7, 11) is 1.65. The monoisotopic (exact) mass is 348 g/mol. The Morgan fingerprint density at radius 2 is 1.96 bits per heavy atom. The first-order chi connectivity index (χ1) is 10.7. The van der Waals surface area contributed by atoms with Crippen molar-refractivity contribution in [1.29, 1.82) is 0 Å². The van der Waals surface area contributed by atoms with Crippen LogP contribution in [-0.2, 0) is 14.3 Å². The van der Waals surface area contributed by atoms with E-state index in [9.17, 15) is 4.79 Å². The van der Waals surface area contributed by atoms with Crippen molar-refractivity contribution in [2.45, 2.75) is 63.6 Å². The van der Waals surface area contributed by atoms with Crippen LogP contribution in [0, 0.1) is 5.92 Å². The largest absolute Gasteiger partial charge is 0.378 e. The molecule has 2 N–H and O–H groups in total. The van der Waals surface area contributed by atoms with Crippen LogP contribution in [0.1, 0.15) is 51.9 Å². The molecule has 1 heterocycles. The zero-order valence-corrected chi connectivity index (χ0v) is 15.4. The van der Waals surface area contributed by atoms with Gasteiger partial charge in [-0.25, -0.2) is 0 Å². The Morgan fingerprint density at radius 3 is 2.52 bits per heavy atom. The first-order valence-electron chi connectivity index (χ1n) is 8.87. The summed E-state index contributed by atoms with van der Waals surface area (Å²) < 4.78 is 11.5. The molecule has 136 valence electrons. The standard InChI is InChI=1S/C17H32N2O3.ClH/c1-3-22-15(14-6-4-5-7-14)8-11-19-16(20)17(21-2)9-12-18-13-10-17;/h14-15,18H,3-13H2,1-2H3,(H,19,20);1H. The van der Waals surface area contributed by atoms with Crippen LogP contribution in [0.2, 0.25) is 0 Å². The lowest BCUT2D eigenvalue weighted by atomic mass is 9.91. The number of piperidine rings is 1. The summed E-state index contributed by atoms with van der Waals surface area (Å²) in [6.07, 6.45) is 7.86. The Morgan fingerprint density at radius 1 is 1.30 bits per heavy atom. The zero-order valence-electron chi connectivity index (χ0n) is 14.6. The van der Waals surface area contributed by atoms with E-state index in [0.717, 1.165) is 39.0 Å². The van der Waals surface area contributed by atoms with Crippen molar-refractivity contribution in [2.24, 2.45) is 5.92 Å². The summed E-state index contributed by atoms with van der Waals surface area (Å²) in [4.78, 5) is 12.5. The molecule has 2 aliphatic rings. The van der Waals surface area contributed by atoms with E-state index in [0.29, 0.717) is 18.6 Å². The SMILES string of the molecule is CCOC(CCNC(=O)C1(OC)CCNCC1)C1CCCC1.Cl. The first-order valence-corrected chi connectivity index (χ1v) is 8.87. The van der Waals surface area contributed by atoms with Gasteiger partial charge in [0.05, 0.1) is 6.10 Å². The van der Waals surface area contributed by atoms with Gasteiger partial charge in [-0.05, 0) is 58.0 Å². The Balaban J connectivity index is 0.00000264. The molecule has 0 aromatic heterocycles. The molecule has 1 amide bonds. The van der Waals surface area contributed by atoms with Crippen molar-refractivity contribution in [3.63, 3.8) is 0 Å². The molecule has 2 fully saturated rings. The third-order valence-electron chi connectivity index (χ3n) is 5.24. The number of nitrogens with one attached hydrogen (secondary N) is 2. The normalized spacial score (nSPS) is 22.3. The van der Waals surface area contributed by atoms with Gasteiger partial charge in [-0.3, -0.25) is 4.79 Å². The maximum atomic E-state index is 12.5. The Bertz CT molecular complexity index is 343. The Hall–Kier alpha value is -0.360. The van der Waals surface area contributed by atoms with Crippen molar-refractivity contribution in [3.8, 4) is 0 Å². The molecule has 0 spiro atoms. The molecule has 6 heteroatoms. The number of amides is 1. The lowest BCUT2D eigenvalue weighted by molar-refractivity contribution is -0.146. The average molecular weight is 349 g/mol. The molecule has 1 unspecified atom stereocenters. The van der Waals surface area contributed by atoms with Crippen LogP contribution in [0.5, 0.6) is 0 Å². The number of methoxy groups -OCH3 is 1. The van der Waals surface area contributed by atoms with E-state index in [1.165, 1.54) is 25.7 Å². The summed E-state index contributed by atoms with van der Waals surface area (Å²) in [5.41, 5.74) is -0.639. The highest BCUT2D eigenvalue weighted by atomic mass is 35.5. The number of carbonyl (C=O) groups is 1. The van der Waals surface area contributed by atoms with Gasteiger partial charge in [0.1, 0.15) is 5.60 Å². The van der Waals surface area contributed by atoms with Crippen LogP contribution in [0.25, 0.3) is 0 Å². The fourth-order valence-electron chi connectivity index (χ4n) is 3.84. The molecule has 1 atom stereocenters. The van der Waals surface area contributed by atoms with Crippen molar-refractivity contribution < 1.29 is 14.3 Å². The van der Waals surface area contributed by atoms with Crippen LogP contribution in [-0.4, -0.2) is 51.0 Å². The van der Waals surface area contributed by atoms with Gasteiger partial charge in [0.25, 0.3) is 5.91 Å². The van der Waals surface area contributed by atoms with Crippen molar-refractivity contribution >= 4 is 18.3 Å². The number of carbonyl (C=O) groups excluding carboxylic acids is 1. The quantitative estimate of drug-likeness (QED) is 0.706. The number of ether oxygens (including phenoxy) is 2. The first kappa shape index (κ1) is 20.7. The molecule has 2 rings (SSSR count). The van der Waals surface area contributed by atoms with E-state index in [4.69, 9.17) is 9.47 Å². The number of rotatable bonds is 8. The summed E-state index contributed by atoms with van der Waals surface area (Å²) in [6, 6.07) is 0. The molecule has 1 saturated heterocycles. The van der Waals surface area contributed by atoms with Crippen LogP contribution < -0.4 is 10.6 Å². The van der Waals surface area contributed by atoms with Gasteiger partial charge in [0, 0.05) is 20.3 Å². The molecule has 23 heavy (non-hydrogen) atoms. The second-order valence-corrected chi connectivity index (χ2v) is 6.53. The third kappa shape index (κ3) is 5.59. The predicted molar refractivity (Wildman–Crippen MR) is 94.1 cm³/mol. The molecular weight excluding hydrogens is 316 g/mol. The van der Waals surface area contributed by atoms with Gasteiger partial charge in [-0.1, -0.05) is 12.8 Å². The van der Waals surface area contributed by atoms with Crippen molar-refractivity contribution in [2.75, 3.05) is 33.4 Å². The second-order valence-electron chi connectivity index (χ2n) is 6.53. The maximum Gasteiger partial charge on any atom is 0.252 e. The van der Waals surface area contributed by atoms with E-state index in [1.54, 1.807) is 7.11 Å². The predicted octanol–water partition coefficient (Wildman–Crippen LogP) is 2.28. The zero-order chi connectivity index (χ0) is 15.8. The number of hydrogen-bond acceptors (Lipinski definition) is 4. The van der Waals surface area contributed by atoms with Gasteiger partial charge in [0.2, 0.25) is 0 Å². The summed E-state index contributed by atoms with van der Waals surface area (Å²) in [5.74, 6) is 0.713. The van der Waals surface area contributed by atoms with Gasteiger partial charge < -0.3 is 20.1 Å². The number of hydrogen-bond donors (Lipinski definition) is 2. The van der Waals surface area contributed by atoms with Gasteiger partial charge in [-0.2, -0.15) is 0 Å². The molecule has 5 nitrogen and oxygen atoms in total. The Labute approximate surface area is 146 Å². The van der Waals surface area contributed by atoms with Crippen LogP contribution in [0.3, 0.4) is 0 Å². The molecule has 0 radical (unpaired) electrons. The molecular formula is C17H33ClN2O3. The van der Waals surface area contributed by atoms with E-state index >= 15 is 0 Å². The van der Waals surface area contributed by atoms with Crippen LogP contribution >= 0.6 is 12.4 Å². The van der Waals surface area contributed by atoms with Gasteiger partial charge in [0.15, 0.2) is 0 Å². The minimum atomic E-state index is -0.639. The van der Waals surface area contributed by atoms with Crippen molar-refractivity contribution in [3.05, 3.63) is 0 Å². The van der Waals surface area contributed by atoms with Crippen LogP contribution in [0.4, 0.5) is 0 Å². The molecule has 0 aromatic rings. The minimum absolute atomic E-state index is 0. The van der Waals surface area contributed by atoms with Crippen LogP contribution in [0.15, 0.2) is 0 Å². The second kappa shape index (κ2) is 10.5. The third-order valence-corrected chi connectivity index (χ3v) is 5.24. The maximum absolute atomic E-state index is 12.5. The summed E-state index contributed by atoms with van der Waals surface area (Å²) >= 11 is 0. The molecule has 0 bridgehead atoms. The summed E-state index contributed by atoms with van der Waals surface area (Å²) in [6.45, 7) is 5.16. The number of halogens is 1.